The lowest BCUT2D eigenvalue weighted by Crippen LogP contribution is -2.54. The zero-order valence-electron chi connectivity index (χ0n) is 12.3. The van der Waals surface area contributed by atoms with Gasteiger partial charge in [-0.15, -0.1) is 0 Å². The van der Waals surface area contributed by atoms with Crippen molar-refractivity contribution in [3.63, 3.8) is 0 Å². The van der Waals surface area contributed by atoms with Crippen LogP contribution in [0.2, 0.25) is 0 Å². The van der Waals surface area contributed by atoms with Gasteiger partial charge in [0.1, 0.15) is 4.90 Å². The molecule has 0 atom stereocenters. The van der Waals surface area contributed by atoms with Gasteiger partial charge in [-0.1, -0.05) is 12.1 Å². The van der Waals surface area contributed by atoms with Crippen molar-refractivity contribution in [3.8, 4) is 0 Å². The van der Waals surface area contributed by atoms with Gasteiger partial charge in [0.2, 0.25) is 10.0 Å². The highest BCUT2D eigenvalue weighted by atomic mass is 32.2. The van der Waals surface area contributed by atoms with Crippen LogP contribution in [0.5, 0.6) is 0 Å². The van der Waals surface area contributed by atoms with Gasteiger partial charge in [0.15, 0.2) is 0 Å². The number of nitrogen functional groups attached to an aromatic ring is 1. The molecular formula is C14H22N2O4S. The molecule has 1 heterocycles. The number of aliphatic hydroxyl groups excluding tert-OH is 1. The van der Waals surface area contributed by atoms with Crippen molar-refractivity contribution in [2.75, 3.05) is 25.6 Å². The first-order valence-corrected chi connectivity index (χ1v) is 8.38. The molecule has 0 unspecified atom stereocenters. The SMILES string of the molecule is Cc1ccc(C)c(S(=O)(=O)NC2(CO)CCOCC2)c1N. The molecule has 1 aliphatic rings. The van der Waals surface area contributed by atoms with Crippen molar-refractivity contribution in [3.05, 3.63) is 23.3 Å². The second-order valence-corrected chi connectivity index (χ2v) is 7.22. The van der Waals surface area contributed by atoms with Gasteiger partial charge in [-0.3, -0.25) is 0 Å². The van der Waals surface area contributed by atoms with Crippen molar-refractivity contribution >= 4 is 15.7 Å². The molecule has 0 radical (unpaired) electrons. The van der Waals surface area contributed by atoms with E-state index in [0.29, 0.717) is 37.2 Å². The van der Waals surface area contributed by atoms with E-state index < -0.39 is 15.6 Å². The van der Waals surface area contributed by atoms with E-state index in [1.807, 2.05) is 0 Å². The van der Waals surface area contributed by atoms with E-state index in [9.17, 15) is 13.5 Å². The summed E-state index contributed by atoms with van der Waals surface area (Å²) in [7, 11) is -3.80. The van der Waals surface area contributed by atoms with Crippen LogP contribution in [-0.4, -0.2) is 38.9 Å². The zero-order chi connectivity index (χ0) is 15.7. The molecule has 0 aliphatic carbocycles. The molecular weight excluding hydrogens is 292 g/mol. The number of anilines is 1. The summed E-state index contributed by atoms with van der Waals surface area (Å²) in [4.78, 5) is 0.0989. The molecule has 6 nitrogen and oxygen atoms in total. The maximum Gasteiger partial charge on any atom is 0.243 e. The van der Waals surface area contributed by atoms with Gasteiger partial charge < -0.3 is 15.6 Å². The van der Waals surface area contributed by atoms with Crippen molar-refractivity contribution in [1.82, 2.24) is 4.72 Å². The summed E-state index contributed by atoms with van der Waals surface area (Å²) >= 11 is 0. The van der Waals surface area contributed by atoms with E-state index in [-0.39, 0.29) is 17.2 Å². The minimum atomic E-state index is -3.80. The van der Waals surface area contributed by atoms with Gasteiger partial charge in [-0.2, -0.15) is 0 Å². The van der Waals surface area contributed by atoms with Crippen LogP contribution in [0.1, 0.15) is 24.0 Å². The number of nitrogens with one attached hydrogen (secondary N) is 1. The number of aliphatic hydroxyl groups is 1. The lowest BCUT2D eigenvalue weighted by Gasteiger charge is -2.36. The van der Waals surface area contributed by atoms with Crippen LogP contribution in [0.3, 0.4) is 0 Å². The number of rotatable bonds is 4. The monoisotopic (exact) mass is 314 g/mol. The fourth-order valence-electron chi connectivity index (χ4n) is 2.55. The second kappa shape index (κ2) is 5.92. The standard InChI is InChI=1S/C14H22N2O4S/c1-10-3-4-11(2)13(12(10)15)21(18,19)16-14(9-17)5-7-20-8-6-14/h3-4,16-17H,5-9,15H2,1-2H3. The fourth-order valence-corrected chi connectivity index (χ4v) is 4.44. The smallest absolute Gasteiger partial charge is 0.243 e. The Morgan fingerprint density at radius 2 is 1.86 bits per heavy atom. The molecule has 118 valence electrons. The van der Waals surface area contributed by atoms with Crippen LogP contribution in [0.25, 0.3) is 0 Å². The molecule has 1 saturated heterocycles. The summed E-state index contributed by atoms with van der Waals surface area (Å²) < 4.78 is 33.3. The molecule has 1 aliphatic heterocycles. The number of ether oxygens (including phenoxy) is 1. The van der Waals surface area contributed by atoms with Gasteiger partial charge in [0.05, 0.1) is 17.8 Å². The molecule has 2 rings (SSSR count). The molecule has 0 saturated carbocycles. The predicted octanol–water partition coefficient (Wildman–Crippen LogP) is 0.705. The molecule has 1 aromatic rings. The predicted molar refractivity (Wildman–Crippen MR) is 80.5 cm³/mol. The molecule has 1 aromatic carbocycles. The van der Waals surface area contributed by atoms with E-state index in [1.54, 1.807) is 26.0 Å². The maximum atomic E-state index is 12.7. The van der Waals surface area contributed by atoms with Gasteiger partial charge >= 0.3 is 0 Å². The maximum absolute atomic E-state index is 12.7. The van der Waals surface area contributed by atoms with E-state index >= 15 is 0 Å². The summed E-state index contributed by atoms with van der Waals surface area (Å²) in [5, 5.41) is 9.63. The van der Waals surface area contributed by atoms with Crippen molar-refractivity contribution in [2.24, 2.45) is 0 Å². The van der Waals surface area contributed by atoms with Crippen LogP contribution in [0, 0.1) is 13.8 Å². The van der Waals surface area contributed by atoms with E-state index in [4.69, 9.17) is 10.5 Å². The van der Waals surface area contributed by atoms with E-state index in [0.717, 1.165) is 0 Å². The van der Waals surface area contributed by atoms with E-state index in [1.165, 1.54) is 0 Å². The van der Waals surface area contributed by atoms with Crippen molar-refractivity contribution in [2.45, 2.75) is 37.1 Å². The zero-order valence-corrected chi connectivity index (χ0v) is 13.2. The van der Waals surface area contributed by atoms with Gasteiger partial charge in [0.25, 0.3) is 0 Å². The lowest BCUT2D eigenvalue weighted by molar-refractivity contribution is 0.0223. The first-order valence-electron chi connectivity index (χ1n) is 6.90. The van der Waals surface area contributed by atoms with Gasteiger partial charge in [0, 0.05) is 13.2 Å². The van der Waals surface area contributed by atoms with Crippen molar-refractivity contribution in [1.29, 1.82) is 0 Å². The topological polar surface area (TPSA) is 102 Å². The van der Waals surface area contributed by atoms with Crippen LogP contribution in [0.15, 0.2) is 17.0 Å². The normalized spacial score (nSPS) is 18.6. The third kappa shape index (κ3) is 3.21. The number of nitrogens with two attached hydrogens (primary N) is 1. The van der Waals surface area contributed by atoms with Gasteiger partial charge in [-0.05, 0) is 37.8 Å². The third-order valence-electron chi connectivity index (χ3n) is 3.98. The molecule has 0 aromatic heterocycles. The third-order valence-corrected chi connectivity index (χ3v) is 5.76. The molecule has 7 heteroatoms. The molecule has 21 heavy (non-hydrogen) atoms. The Labute approximate surface area is 125 Å². The number of hydrogen-bond acceptors (Lipinski definition) is 5. The Hall–Kier alpha value is -1.15. The Morgan fingerprint density at radius 3 is 2.43 bits per heavy atom. The highest BCUT2D eigenvalue weighted by Gasteiger charge is 2.37. The average Bonchev–Trinajstić information content (AvgIpc) is 2.43. The van der Waals surface area contributed by atoms with Crippen LogP contribution in [-0.2, 0) is 14.8 Å². The summed E-state index contributed by atoms with van der Waals surface area (Å²) in [5.41, 5.74) is 6.63. The fraction of sp³-hybridized carbons (Fsp3) is 0.571. The minimum Gasteiger partial charge on any atom is -0.397 e. The largest absolute Gasteiger partial charge is 0.397 e. The average molecular weight is 314 g/mol. The van der Waals surface area contributed by atoms with Crippen molar-refractivity contribution < 1.29 is 18.3 Å². The minimum absolute atomic E-state index is 0.0989. The highest BCUT2D eigenvalue weighted by Crippen LogP contribution is 2.29. The Kier molecular flexibility index (Phi) is 4.57. The quantitative estimate of drug-likeness (QED) is 0.710. The molecule has 1 fully saturated rings. The van der Waals surface area contributed by atoms with Crippen LogP contribution < -0.4 is 10.5 Å². The molecule has 4 N–H and O–H groups in total. The number of benzene rings is 1. The first-order chi connectivity index (χ1) is 9.81. The Morgan fingerprint density at radius 1 is 1.29 bits per heavy atom. The van der Waals surface area contributed by atoms with Crippen LogP contribution in [0.4, 0.5) is 5.69 Å². The second-order valence-electron chi connectivity index (χ2n) is 5.60. The summed E-state index contributed by atoms with van der Waals surface area (Å²) in [6.07, 6.45) is 0.876. The first kappa shape index (κ1) is 16.2. The number of sulfonamides is 1. The summed E-state index contributed by atoms with van der Waals surface area (Å²) in [6.45, 7) is 4.06. The lowest BCUT2D eigenvalue weighted by atomic mass is 9.93. The summed E-state index contributed by atoms with van der Waals surface area (Å²) in [5.74, 6) is 0. The van der Waals surface area contributed by atoms with Crippen LogP contribution >= 0.6 is 0 Å². The molecule has 0 amide bonds. The number of aryl methyl sites for hydroxylation is 2. The van der Waals surface area contributed by atoms with Gasteiger partial charge in [-0.25, -0.2) is 13.1 Å². The Balaban J connectivity index is 2.41. The summed E-state index contributed by atoms with van der Waals surface area (Å²) in [6, 6.07) is 3.52. The highest BCUT2D eigenvalue weighted by molar-refractivity contribution is 7.89. The van der Waals surface area contributed by atoms with E-state index in [2.05, 4.69) is 4.72 Å². The number of hydrogen-bond donors (Lipinski definition) is 3. The molecule has 0 spiro atoms. The molecule has 0 bridgehead atoms. The Bertz CT molecular complexity index is 622.